The molecule has 0 bridgehead atoms. The molecule has 0 aromatic heterocycles. The monoisotopic (exact) mass is 324 g/mol. The van der Waals surface area contributed by atoms with Gasteiger partial charge in [-0.05, 0) is 12.8 Å². The number of aliphatic carboxylic acids is 3. The molecule has 1 atom stereocenters. The molecule has 0 heterocycles. The fraction of sp³-hybridized carbons (Fsp3) is 0.600. The van der Waals surface area contributed by atoms with Crippen LogP contribution < -0.4 is 28.7 Å². The first-order valence-electron chi connectivity index (χ1n) is 5.95. The van der Waals surface area contributed by atoms with Crippen LogP contribution in [0.4, 0.5) is 0 Å². The van der Waals surface area contributed by atoms with Crippen LogP contribution in [0.15, 0.2) is 4.99 Å². The van der Waals surface area contributed by atoms with Crippen molar-refractivity contribution in [3.05, 3.63) is 0 Å². The zero-order valence-electron chi connectivity index (χ0n) is 12.0. The van der Waals surface area contributed by atoms with E-state index in [2.05, 4.69) is 16.5 Å². The number of nitrogens with zero attached hydrogens (tertiary/aromatic N) is 1. The molecule has 0 aliphatic rings. The minimum absolute atomic E-state index is 0.0129. The van der Waals surface area contributed by atoms with Crippen molar-refractivity contribution in [3.63, 3.8) is 0 Å². The standard InChI is InChI=1S/C6H14N4O2.2C2H5NO2/c7-4(5(11)12)2-1-3-10-6(8)9;2*3-1-2(4)5/h4H,1-3,7H2,(H,11,12)(H4,8,9,10);2*1,3H2,(H,4,5). The van der Waals surface area contributed by atoms with Crippen LogP contribution in [-0.4, -0.2) is 64.9 Å². The molecule has 0 aromatic carbocycles. The van der Waals surface area contributed by atoms with Gasteiger partial charge in [0, 0.05) is 6.54 Å². The number of carboxylic acids is 3. The van der Waals surface area contributed by atoms with E-state index in [0.717, 1.165) is 0 Å². The van der Waals surface area contributed by atoms with Crippen molar-refractivity contribution < 1.29 is 29.7 Å². The molecule has 1 unspecified atom stereocenters. The molecular weight excluding hydrogens is 300 g/mol. The largest absolute Gasteiger partial charge is 0.480 e. The Kier molecular flexibility index (Phi) is 18.6. The van der Waals surface area contributed by atoms with Crippen LogP contribution in [0.3, 0.4) is 0 Å². The van der Waals surface area contributed by atoms with Crippen LogP contribution in [0.1, 0.15) is 12.8 Å². The zero-order valence-corrected chi connectivity index (χ0v) is 12.0. The first kappa shape index (κ1) is 24.6. The predicted molar refractivity (Wildman–Crippen MR) is 78.9 cm³/mol. The Morgan fingerprint density at radius 2 is 1.32 bits per heavy atom. The summed E-state index contributed by atoms with van der Waals surface area (Å²) >= 11 is 0. The first-order chi connectivity index (χ1) is 10.1. The van der Waals surface area contributed by atoms with Gasteiger partial charge in [-0.1, -0.05) is 0 Å². The number of guanidine groups is 1. The smallest absolute Gasteiger partial charge is 0.320 e. The zero-order chi connectivity index (χ0) is 18.1. The lowest BCUT2D eigenvalue weighted by atomic mass is 10.2. The minimum Gasteiger partial charge on any atom is -0.480 e. The van der Waals surface area contributed by atoms with E-state index in [1.54, 1.807) is 0 Å². The highest BCUT2D eigenvalue weighted by Crippen LogP contribution is 1.94. The maximum Gasteiger partial charge on any atom is 0.320 e. The average Bonchev–Trinajstić information content (AvgIpc) is 2.44. The molecule has 0 aromatic rings. The average molecular weight is 324 g/mol. The van der Waals surface area contributed by atoms with Crippen molar-refractivity contribution in [2.24, 2.45) is 33.7 Å². The van der Waals surface area contributed by atoms with Crippen molar-refractivity contribution in [1.29, 1.82) is 0 Å². The summed E-state index contributed by atoms with van der Waals surface area (Å²) in [4.78, 5) is 32.4. The Labute approximate surface area is 126 Å². The van der Waals surface area contributed by atoms with E-state index in [4.69, 9.17) is 32.5 Å². The quantitative estimate of drug-likeness (QED) is 0.129. The van der Waals surface area contributed by atoms with Gasteiger partial charge in [-0.25, -0.2) is 0 Å². The molecule has 0 aliphatic carbocycles. The van der Waals surface area contributed by atoms with E-state index < -0.39 is 23.9 Å². The van der Waals surface area contributed by atoms with E-state index >= 15 is 0 Å². The summed E-state index contributed by atoms with van der Waals surface area (Å²) in [5.74, 6) is -2.92. The molecule has 0 amide bonds. The topological polar surface area (TPSA) is 254 Å². The molecule has 13 N–H and O–H groups in total. The summed E-state index contributed by atoms with van der Waals surface area (Å²) in [7, 11) is 0. The molecule has 0 saturated carbocycles. The second-order valence-electron chi connectivity index (χ2n) is 3.59. The summed E-state index contributed by atoms with van der Waals surface area (Å²) in [6.07, 6.45) is 0.956. The van der Waals surface area contributed by atoms with Gasteiger partial charge >= 0.3 is 17.9 Å². The lowest BCUT2D eigenvalue weighted by molar-refractivity contribution is -0.139. The highest BCUT2D eigenvalue weighted by Gasteiger charge is 2.09. The van der Waals surface area contributed by atoms with Gasteiger partial charge in [0.15, 0.2) is 5.96 Å². The fourth-order valence-corrected chi connectivity index (χ4v) is 0.643. The lowest BCUT2D eigenvalue weighted by Gasteiger charge is -2.03. The van der Waals surface area contributed by atoms with Gasteiger partial charge in [-0.15, -0.1) is 0 Å². The van der Waals surface area contributed by atoms with Crippen molar-refractivity contribution in [2.75, 3.05) is 19.6 Å². The van der Waals surface area contributed by atoms with Crippen LogP contribution in [0, 0.1) is 0 Å². The van der Waals surface area contributed by atoms with Crippen LogP contribution in [-0.2, 0) is 14.4 Å². The van der Waals surface area contributed by atoms with Gasteiger partial charge in [-0.2, -0.15) is 0 Å². The number of hydrogen-bond donors (Lipinski definition) is 8. The Balaban J connectivity index is -0.000000298. The number of carboxylic acid groups (broad SMARTS) is 3. The Morgan fingerprint density at radius 3 is 1.55 bits per heavy atom. The number of rotatable bonds is 7. The van der Waals surface area contributed by atoms with E-state index in [0.29, 0.717) is 19.4 Å². The first-order valence-corrected chi connectivity index (χ1v) is 5.95. The van der Waals surface area contributed by atoms with Crippen LogP contribution in [0.25, 0.3) is 0 Å². The second-order valence-corrected chi connectivity index (χ2v) is 3.59. The summed E-state index contributed by atoms with van der Waals surface area (Å²) in [6, 6.07) is -0.820. The summed E-state index contributed by atoms with van der Waals surface area (Å²) in [5.41, 5.74) is 24.5. The number of hydrogen-bond acceptors (Lipinski definition) is 7. The summed E-state index contributed by atoms with van der Waals surface area (Å²) in [5, 5.41) is 23.6. The van der Waals surface area contributed by atoms with Crippen molar-refractivity contribution >= 4 is 23.9 Å². The van der Waals surface area contributed by atoms with Crippen molar-refractivity contribution in [2.45, 2.75) is 18.9 Å². The van der Waals surface area contributed by atoms with Gasteiger partial charge in [0.25, 0.3) is 0 Å². The van der Waals surface area contributed by atoms with Gasteiger partial charge in [0.1, 0.15) is 6.04 Å². The third-order valence-corrected chi connectivity index (χ3v) is 1.63. The molecule has 130 valence electrons. The summed E-state index contributed by atoms with van der Waals surface area (Å²) < 4.78 is 0. The highest BCUT2D eigenvalue weighted by molar-refractivity contribution is 5.75. The van der Waals surface area contributed by atoms with E-state index in [9.17, 15) is 14.4 Å². The maximum atomic E-state index is 10.2. The third-order valence-electron chi connectivity index (χ3n) is 1.63. The van der Waals surface area contributed by atoms with E-state index in [1.807, 2.05) is 0 Å². The van der Waals surface area contributed by atoms with E-state index in [1.165, 1.54) is 0 Å². The molecule has 0 fully saturated rings. The van der Waals surface area contributed by atoms with Crippen molar-refractivity contribution in [1.82, 2.24) is 0 Å². The predicted octanol–water partition coefficient (Wildman–Crippen LogP) is -3.49. The van der Waals surface area contributed by atoms with Crippen LogP contribution >= 0.6 is 0 Å². The van der Waals surface area contributed by atoms with Gasteiger partial charge < -0.3 is 44.0 Å². The van der Waals surface area contributed by atoms with Gasteiger partial charge in [-0.3, -0.25) is 19.4 Å². The molecule has 22 heavy (non-hydrogen) atoms. The molecule has 0 aliphatic heterocycles. The molecule has 0 saturated heterocycles. The summed E-state index contributed by atoms with van der Waals surface area (Å²) in [6.45, 7) is -0.136. The van der Waals surface area contributed by atoms with Gasteiger partial charge in [0.2, 0.25) is 0 Å². The normalized spacial score (nSPS) is 9.95. The Bertz CT molecular complexity index is 344. The number of aliphatic imine (C=N–C) groups is 1. The molecule has 0 spiro atoms. The highest BCUT2D eigenvalue weighted by atomic mass is 16.4. The second kappa shape index (κ2) is 16.6. The Morgan fingerprint density at radius 1 is 0.955 bits per heavy atom. The molecule has 12 nitrogen and oxygen atoms in total. The number of carbonyl (C=O) groups is 3. The third kappa shape index (κ3) is 30.5. The maximum absolute atomic E-state index is 10.2. The Hall–Kier alpha value is -2.44. The van der Waals surface area contributed by atoms with E-state index in [-0.39, 0.29) is 19.0 Å². The lowest BCUT2D eigenvalue weighted by Crippen LogP contribution is -2.30. The molecular formula is C10H24N6O6. The minimum atomic E-state index is -1.00. The van der Waals surface area contributed by atoms with Gasteiger partial charge in [0.05, 0.1) is 13.1 Å². The molecule has 0 rings (SSSR count). The molecule has 0 radical (unpaired) electrons. The van der Waals surface area contributed by atoms with Crippen LogP contribution in [0.2, 0.25) is 0 Å². The fourth-order valence-electron chi connectivity index (χ4n) is 0.643. The van der Waals surface area contributed by atoms with Crippen molar-refractivity contribution in [3.8, 4) is 0 Å². The number of nitrogens with two attached hydrogens (primary N) is 5. The SMILES string of the molecule is NC(N)=NCCCC(N)C(=O)O.NCC(=O)O.NCC(=O)O. The van der Waals surface area contributed by atoms with Crippen LogP contribution in [0.5, 0.6) is 0 Å². The molecule has 12 heteroatoms.